The number of nitrogens with zero attached hydrogens (tertiary/aromatic N) is 3. The molecule has 0 aliphatic rings. The number of halogens is 1. The van der Waals surface area contributed by atoms with E-state index in [4.69, 9.17) is 11.5 Å². The third kappa shape index (κ3) is 3.11. The average Bonchev–Trinajstić information content (AvgIpc) is 2.47. The van der Waals surface area contributed by atoms with Crippen LogP contribution in [0.2, 0.25) is 0 Å². The molecule has 1 aromatic carbocycles. The van der Waals surface area contributed by atoms with E-state index in [1.165, 1.54) is 5.56 Å². The molecule has 5 nitrogen and oxygen atoms in total. The quantitative estimate of drug-likeness (QED) is 0.762. The molecule has 3 rings (SSSR count). The van der Waals surface area contributed by atoms with Gasteiger partial charge in [-0.15, -0.1) is 0 Å². The maximum atomic E-state index is 5.85. The van der Waals surface area contributed by atoms with Crippen molar-refractivity contribution in [3.05, 3.63) is 52.1 Å². The van der Waals surface area contributed by atoms with Crippen molar-refractivity contribution in [3.8, 4) is 0 Å². The van der Waals surface area contributed by atoms with E-state index in [1.54, 1.807) is 0 Å². The molecule has 2 heterocycles. The topological polar surface area (TPSA) is 90.7 Å². The highest BCUT2D eigenvalue weighted by Crippen LogP contribution is 2.18. The Bertz CT molecular complexity index is 786. The molecule has 0 saturated heterocycles. The Morgan fingerprint density at radius 2 is 1.62 bits per heavy atom. The van der Waals surface area contributed by atoms with Crippen LogP contribution in [0.3, 0.4) is 0 Å². The molecule has 21 heavy (non-hydrogen) atoms. The van der Waals surface area contributed by atoms with Crippen LogP contribution in [0.25, 0.3) is 11.0 Å². The highest BCUT2D eigenvalue weighted by molar-refractivity contribution is 9.10. The van der Waals surface area contributed by atoms with Crippen molar-refractivity contribution < 1.29 is 0 Å². The van der Waals surface area contributed by atoms with Crippen LogP contribution >= 0.6 is 15.9 Å². The van der Waals surface area contributed by atoms with E-state index in [1.807, 2.05) is 24.3 Å². The van der Waals surface area contributed by atoms with Gasteiger partial charge in [-0.25, -0.2) is 9.97 Å². The molecule has 0 aliphatic heterocycles. The molecule has 0 atom stereocenters. The summed E-state index contributed by atoms with van der Waals surface area (Å²) in [6.07, 6.45) is 1.75. The third-order valence-corrected chi connectivity index (χ3v) is 3.76. The summed E-state index contributed by atoms with van der Waals surface area (Å²) >= 11 is 3.43. The van der Waals surface area contributed by atoms with Crippen LogP contribution in [0, 0.1) is 0 Å². The van der Waals surface area contributed by atoms with E-state index in [0.29, 0.717) is 16.9 Å². The second-order valence-electron chi connectivity index (χ2n) is 4.76. The van der Waals surface area contributed by atoms with Gasteiger partial charge >= 0.3 is 0 Å². The van der Waals surface area contributed by atoms with Crippen LogP contribution in [0.1, 0.15) is 11.3 Å². The summed E-state index contributed by atoms with van der Waals surface area (Å²) in [5.74, 6) is 0.493. The van der Waals surface area contributed by atoms with Gasteiger partial charge in [-0.1, -0.05) is 28.1 Å². The number of pyridine rings is 1. The molecule has 106 valence electrons. The fraction of sp³-hybridized carbons (Fsp3) is 0.133. The number of benzene rings is 1. The first-order chi connectivity index (χ1) is 10.1. The predicted octanol–water partition coefficient (Wildman–Crippen LogP) is 2.74. The lowest BCUT2D eigenvalue weighted by Crippen LogP contribution is -2.03. The molecule has 3 aromatic rings. The first kappa shape index (κ1) is 13.8. The third-order valence-electron chi connectivity index (χ3n) is 3.23. The minimum atomic E-state index is 0.171. The Kier molecular flexibility index (Phi) is 3.70. The summed E-state index contributed by atoms with van der Waals surface area (Å²) in [6, 6.07) is 12.1. The van der Waals surface area contributed by atoms with Crippen LogP contribution in [0.15, 0.2) is 40.9 Å². The summed E-state index contributed by atoms with van der Waals surface area (Å²) in [5.41, 5.74) is 14.9. The number of fused-ring (bicyclic) bond motifs is 1. The summed E-state index contributed by atoms with van der Waals surface area (Å²) in [5, 5.41) is 0. The van der Waals surface area contributed by atoms with E-state index in [2.05, 4.69) is 43.0 Å². The molecule has 0 fully saturated rings. The van der Waals surface area contributed by atoms with E-state index < -0.39 is 0 Å². The molecule has 4 N–H and O–H groups in total. The first-order valence-corrected chi connectivity index (χ1v) is 7.34. The van der Waals surface area contributed by atoms with Gasteiger partial charge < -0.3 is 11.5 Å². The Hall–Kier alpha value is -2.21. The van der Waals surface area contributed by atoms with Crippen molar-refractivity contribution in [2.75, 3.05) is 11.5 Å². The van der Waals surface area contributed by atoms with Gasteiger partial charge in [-0.3, -0.25) is 0 Å². The minimum Gasteiger partial charge on any atom is -0.382 e. The summed E-state index contributed by atoms with van der Waals surface area (Å²) < 4.78 is 1.08. The van der Waals surface area contributed by atoms with E-state index in [9.17, 15) is 0 Å². The number of aromatic nitrogens is 3. The highest BCUT2D eigenvalue weighted by Gasteiger charge is 2.06. The lowest BCUT2D eigenvalue weighted by molar-refractivity contribution is 0.921. The monoisotopic (exact) mass is 343 g/mol. The number of nitrogens with two attached hydrogens (primary N) is 2. The number of rotatable bonds is 3. The van der Waals surface area contributed by atoms with Crippen LogP contribution in [0.5, 0.6) is 0 Å². The number of aryl methyl sites for hydroxylation is 2. The normalized spacial score (nSPS) is 10.9. The molecule has 0 amide bonds. The Morgan fingerprint density at radius 1 is 0.857 bits per heavy atom. The standard InChI is InChI=1S/C15H14BrN5/c16-10-4-1-9(2-5-10)3-6-11-7-8-12-13(19-11)14(17)21-15(18)20-12/h1-2,4-5,7-8H,3,6H2,(H4,17,18,20,21). The molecule has 0 unspecified atom stereocenters. The van der Waals surface area contributed by atoms with Gasteiger partial charge in [0.1, 0.15) is 5.52 Å². The molecule has 0 radical (unpaired) electrons. The SMILES string of the molecule is Nc1nc(N)c2nc(CCc3ccc(Br)cc3)ccc2n1. The Labute approximate surface area is 130 Å². The molecular formula is C15H14BrN5. The van der Waals surface area contributed by atoms with Crippen LogP contribution in [-0.2, 0) is 12.8 Å². The molecule has 2 aromatic heterocycles. The maximum absolute atomic E-state index is 5.85. The second-order valence-corrected chi connectivity index (χ2v) is 5.68. The zero-order chi connectivity index (χ0) is 14.8. The van der Waals surface area contributed by atoms with E-state index in [0.717, 1.165) is 23.0 Å². The zero-order valence-corrected chi connectivity index (χ0v) is 12.8. The van der Waals surface area contributed by atoms with Crippen LogP contribution < -0.4 is 11.5 Å². The Balaban J connectivity index is 1.83. The van der Waals surface area contributed by atoms with E-state index in [-0.39, 0.29) is 5.95 Å². The van der Waals surface area contributed by atoms with Crippen LogP contribution in [-0.4, -0.2) is 15.0 Å². The lowest BCUT2D eigenvalue weighted by Gasteiger charge is -2.05. The predicted molar refractivity (Wildman–Crippen MR) is 87.7 cm³/mol. The molecular weight excluding hydrogens is 330 g/mol. The maximum Gasteiger partial charge on any atom is 0.222 e. The summed E-state index contributed by atoms with van der Waals surface area (Å²) in [4.78, 5) is 12.6. The summed E-state index contributed by atoms with van der Waals surface area (Å²) in [6.45, 7) is 0. The van der Waals surface area contributed by atoms with Crippen molar-refractivity contribution in [2.45, 2.75) is 12.8 Å². The molecule has 6 heteroatoms. The minimum absolute atomic E-state index is 0.171. The van der Waals surface area contributed by atoms with Crippen LogP contribution in [0.4, 0.5) is 11.8 Å². The fourth-order valence-electron chi connectivity index (χ4n) is 2.16. The molecule has 0 bridgehead atoms. The molecule has 0 aliphatic carbocycles. The van der Waals surface area contributed by atoms with Crippen molar-refractivity contribution in [1.29, 1.82) is 0 Å². The van der Waals surface area contributed by atoms with Gasteiger partial charge in [0.25, 0.3) is 0 Å². The molecule has 0 saturated carbocycles. The van der Waals surface area contributed by atoms with Gasteiger partial charge in [-0.2, -0.15) is 4.98 Å². The smallest absolute Gasteiger partial charge is 0.222 e. The van der Waals surface area contributed by atoms with Gasteiger partial charge in [0, 0.05) is 10.2 Å². The van der Waals surface area contributed by atoms with Gasteiger partial charge in [0.05, 0.1) is 5.52 Å². The highest BCUT2D eigenvalue weighted by atomic mass is 79.9. The number of hydrogen-bond donors (Lipinski definition) is 2. The van der Waals surface area contributed by atoms with Crippen molar-refractivity contribution in [3.63, 3.8) is 0 Å². The van der Waals surface area contributed by atoms with Crippen molar-refractivity contribution in [2.24, 2.45) is 0 Å². The first-order valence-electron chi connectivity index (χ1n) is 6.55. The van der Waals surface area contributed by atoms with E-state index >= 15 is 0 Å². The fourth-order valence-corrected chi connectivity index (χ4v) is 2.42. The zero-order valence-electron chi connectivity index (χ0n) is 11.3. The number of hydrogen-bond acceptors (Lipinski definition) is 5. The number of nitrogen functional groups attached to an aromatic ring is 2. The van der Waals surface area contributed by atoms with Gasteiger partial charge in [0.2, 0.25) is 5.95 Å². The second kappa shape index (κ2) is 5.65. The lowest BCUT2D eigenvalue weighted by atomic mass is 10.1. The summed E-state index contributed by atoms with van der Waals surface area (Å²) in [7, 11) is 0. The van der Waals surface area contributed by atoms with Gasteiger partial charge in [0.15, 0.2) is 5.82 Å². The number of anilines is 2. The Morgan fingerprint density at radius 3 is 2.38 bits per heavy atom. The van der Waals surface area contributed by atoms with Gasteiger partial charge in [-0.05, 0) is 42.7 Å². The molecule has 0 spiro atoms. The van der Waals surface area contributed by atoms with Crippen molar-refractivity contribution >= 4 is 38.7 Å². The largest absolute Gasteiger partial charge is 0.382 e. The average molecular weight is 344 g/mol. The van der Waals surface area contributed by atoms with Crippen molar-refractivity contribution in [1.82, 2.24) is 15.0 Å².